The molecule has 1 unspecified atom stereocenters. The Morgan fingerprint density at radius 2 is 2.12 bits per heavy atom. The summed E-state index contributed by atoms with van der Waals surface area (Å²) in [5, 5.41) is 0. The van der Waals surface area contributed by atoms with Crippen molar-refractivity contribution in [2.24, 2.45) is 17.6 Å². The van der Waals surface area contributed by atoms with E-state index in [-0.39, 0.29) is 5.69 Å². The summed E-state index contributed by atoms with van der Waals surface area (Å²) < 4.78 is 1.78. The molecular formula is C11H20N4O. The molecule has 0 aliphatic carbocycles. The highest BCUT2D eigenvalue weighted by atomic mass is 16.1. The van der Waals surface area contributed by atoms with Gasteiger partial charge in [-0.3, -0.25) is 4.79 Å². The van der Waals surface area contributed by atoms with Gasteiger partial charge in [-0.05, 0) is 18.3 Å². The molecule has 90 valence electrons. The SMILES string of the molecule is CC(C)CC(C)Cn1cnc(C(N)=O)c1N. The maximum atomic E-state index is 11.0. The van der Waals surface area contributed by atoms with Crippen LogP contribution < -0.4 is 11.5 Å². The van der Waals surface area contributed by atoms with Crippen molar-refractivity contribution in [1.82, 2.24) is 9.55 Å². The van der Waals surface area contributed by atoms with Crippen LogP contribution in [0.4, 0.5) is 5.82 Å². The first-order valence-corrected chi connectivity index (χ1v) is 5.52. The number of nitrogen functional groups attached to an aromatic ring is 1. The van der Waals surface area contributed by atoms with Gasteiger partial charge in [-0.1, -0.05) is 20.8 Å². The fourth-order valence-electron chi connectivity index (χ4n) is 1.94. The molecule has 1 rings (SSSR count). The fraction of sp³-hybridized carbons (Fsp3) is 0.636. The number of amides is 1. The van der Waals surface area contributed by atoms with Gasteiger partial charge >= 0.3 is 0 Å². The second kappa shape index (κ2) is 5.01. The first-order valence-electron chi connectivity index (χ1n) is 5.52. The molecule has 0 aliphatic heterocycles. The largest absolute Gasteiger partial charge is 0.383 e. The Bertz CT molecular complexity index is 370. The molecule has 5 nitrogen and oxygen atoms in total. The van der Waals surface area contributed by atoms with Crippen LogP contribution >= 0.6 is 0 Å². The van der Waals surface area contributed by atoms with E-state index in [1.54, 1.807) is 10.9 Å². The second-order valence-electron chi connectivity index (χ2n) is 4.73. The van der Waals surface area contributed by atoms with Gasteiger partial charge in [0.25, 0.3) is 5.91 Å². The predicted molar refractivity (Wildman–Crippen MR) is 63.8 cm³/mol. The van der Waals surface area contributed by atoms with Gasteiger partial charge in [0.05, 0.1) is 6.33 Å². The Labute approximate surface area is 95.8 Å². The maximum Gasteiger partial charge on any atom is 0.271 e. The van der Waals surface area contributed by atoms with Gasteiger partial charge in [0.2, 0.25) is 0 Å². The van der Waals surface area contributed by atoms with Gasteiger partial charge in [0.1, 0.15) is 5.82 Å². The van der Waals surface area contributed by atoms with Crippen molar-refractivity contribution in [3.63, 3.8) is 0 Å². The highest BCUT2D eigenvalue weighted by Crippen LogP contribution is 2.16. The zero-order valence-electron chi connectivity index (χ0n) is 10.1. The Balaban J connectivity index is 2.71. The third-order valence-corrected chi connectivity index (χ3v) is 2.49. The Morgan fingerprint density at radius 1 is 1.50 bits per heavy atom. The van der Waals surface area contributed by atoms with Crippen LogP contribution in [0.25, 0.3) is 0 Å². The summed E-state index contributed by atoms with van der Waals surface area (Å²) in [5.41, 5.74) is 11.1. The summed E-state index contributed by atoms with van der Waals surface area (Å²) in [6, 6.07) is 0. The van der Waals surface area contributed by atoms with E-state index < -0.39 is 5.91 Å². The fourth-order valence-corrected chi connectivity index (χ4v) is 1.94. The molecule has 5 heteroatoms. The third kappa shape index (κ3) is 2.98. The van der Waals surface area contributed by atoms with Crippen molar-refractivity contribution in [2.75, 3.05) is 5.73 Å². The molecule has 0 aromatic carbocycles. The van der Waals surface area contributed by atoms with E-state index in [9.17, 15) is 4.79 Å². The molecule has 1 heterocycles. The Morgan fingerprint density at radius 3 is 2.56 bits per heavy atom. The van der Waals surface area contributed by atoms with Crippen LogP contribution in [-0.2, 0) is 6.54 Å². The molecule has 0 bridgehead atoms. The highest BCUT2D eigenvalue weighted by Gasteiger charge is 2.14. The minimum Gasteiger partial charge on any atom is -0.383 e. The van der Waals surface area contributed by atoms with E-state index in [2.05, 4.69) is 25.8 Å². The van der Waals surface area contributed by atoms with Crippen molar-refractivity contribution in [3.05, 3.63) is 12.0 Å². The van der Waals surface area contributed by atoms with Crippen LogP contribution in [0.15, 0.2) is 6.33 Å². The number of primary amides is 1. The van der Waals surface area contributed by atoms with E-state index in [1.165, 1.54) is 0 Å². The standard InChI is InChI=1S/C11H20N4O/c1-7(2)4-8(3)5-15-6-14-9(10(15)12)11(13)16/h6-8H,4-5,12H2,1-3H3,(H2,13,16). The first kappa shape index (κ1) is 12.5. The Kier molecular flexibility index (Phi) is 3.93. The lowest BCUT2D eigenvalue weighted by atomic mass is 9.99. The van der Waals surface area contributed by atoms with Gasteiger partial charge in [-0.25, -0.2) is 4.98 Å². The number of aromatic nitrogens is 2. The third-order valence-electron chi connectivity index (χ3n) is 2.49. The number of hydrogen-bond acceptors (Lipinski definition) is 3. The van der Waals surface area contributed by atoms with E-state index in [4.69, 9.17) is 11.5 Å². The van der Waals surface area contributed by atoms with Crippen molar-refractivity contribution >= 4 is 11.7 Å². The minimum atomic E-state index is -0.576. The number of hydrogen-bond donors (Lipinski definition) is 2. The number of anilines is 1. The molecule has 0 saturated heterocycles. The average molecular weight is 224 g/mol. The number of imidazole rings is 1. The number of carbonyl (C=O) groups is 1. The smallest absolute Gasteiger partial charge is 0.271 e. The molecule has 4 N–H and O–H groups in total. The number of nitrogens with zero attached hydrogens (tertiary/aromatic N) is 2. The van der Waals surface area contributed by atoms with Crippen molar-refractivity contribution in [2.45, 2.75) is 33.7 Å². The molecule has 0 spiro atoms. The molecule has 1 amide bonds. The van der Waals surface area contributed by atoms with Crippen LogP contribution in [0.5, 0.6) is 0 Å². The molecule has 0 saturated carbocycles. The molecule has 0 fully saturated rings. The molecular weight excluding hydrogens is 204 g/mol. The summed E-state index contributed by atoms with van der Waals surface area (Å²) in [6.45, 7) is 7.29. The molecule has 1 aromatic rings. The number of carbonyl (C=O) groups excluding carboxylic acids is 1. The lowest BCUT2D eigenvalue weighted by Gasteiger charge is -2.15. The number of rotatable bonds is 5. The quantitative estimate of drug-likeness (QED) is 0.789. The van der Waals surface area contributed by atoms with Crippen molar-refractivity contribution in [3.8, 4) is 0 Å². The second-order valence-corrected chi connectivity index (χ2v) is 4.73. The molecule has 16 heavy (non-hydrogen) atoms. The highest BCUT2D eigenvalue weighted by molar-refractivity contribution is 5.95. The molecule has 0 radical (unpaired) electrons. The van der Waals surface area contributed by atoms with Gasteiger partial charge in [0.15, 0.2) is 5.69 Å². The van der Waals surface area contributed by atoms with Crippen LogP contribution in [0.1, 0.15) is 37.7 Å². The van der Waals surface area contributed by atoms with Gasteiger partial charge < -0.3 is 16.0 Å². The minimum absolute atomic E-state index is 0.164. The predicted octanol–water partition coefficient (Wildman–Crippen LogP) is 1.25. The summed E-state index contributed by atoms with van der Waals surface area (Å²) in [7, 11) is 0. The zero-order chi connectivity index (χ0) is 12.3. The summed E-state index contributed by atoms with van der Waals surface area (Å²) in [6.07, 6.45) is 2.69. The van der Waals surface area contributed by atoms with E-state index >= 15 is 0 Å². The first-order chi connectivity index (χ1) is 7.41. The lowest BCUT2D eigenvalue weighted by Crippen LogP contribution is -2.16. The lowest BCUT2D eigenvalue weighted by molar-refractivity contribution is 0.0997. The van der Waals surface area contributed by atoms with Crippen molar-refractivity contribution < 1.29 is 4.79 Å². The average Bonchev–Trinajstić information content (AvgIpc) is 2.46. The van der Waals surface area contributed by atoms with Gasteiger partial charge in [-0.2, -0.15) is 0 Å². The zero-order valence-corrected chi connectivity index (χ0v) is 10.1. The molecule has 0 aliphatic rings. The monoisotopic (exact) mass is 224 g/mol. The van der Waals surface area contributed by atoms with Crippen LogP contribution in [0.2, 0.25) is 0 Å². The van der Waals surface area contributed by atoms with Gasteiger partial charge in [0, 0.05) is 6.54 Å². The van der Waals surface area contributed by atoms with Crippen molar-refractivity contribution in [1.29, 1.82) is 0 Å². The normalized spacial score (nSPS) is 13.0. The topological polar surface area (TPSA) is 86.9 Å². The van der Waals surface area contributed by atoms with Gasteiger partial charge in [-0.15, -0.1) is 0 Å². The Hall–Kier alpha value is -1.52. The van der Waals surface area contributed by atoms with E-state index in [0.29, 0.717) is 17.7 Å². The molecule has 1 aromatic heterocycles. The summed E-state index contributed by atoms with van der Waals surface area (Å²) in [4.78, 5) is 14.9. The summed E-state index contributed by atoms with van der Waals surface area (Å²) >= 11 is 0. The van der Waals surface area contributed by atoms with E-state index in [1.807, 2.05) is 0 Å². The van der Waals surface area contributed by atoms with Crippen LogP contribution in [0.3, 0.4) is 0 Å². The molecule has 1 atom stereocenters. The number of nitrogens with two attached hydrogens (primary N) is 2. The maximum absolute atomic E-state index is 11.0. The summed E-state index contributed by atoms with van der Waals surface area (Å²) in [5.74, 6) is 0.934. The van der Waals surface area contributed by atoms with Crippen LogP contribution in [0, 0.1) is 11.8 Å². The van der Waals surface area contributed by atoms with Crippen LogP contribution in [-0.4, -0.2) is 15.5 Å². The van der Waals surface area contributed by atoms with E-state index in [0.717, 1.165) is 13.0 Å².